The van der Waals surface area contributed by atoms with Crippen molar-refractivity contribution in [1.82, 2.24) is 5.32 Å². The van der Waals surface area contributed by atoms with Gasteiger partial charge in [-0.2, -0.15) is 0 Å². The van der Waals surface area contributed by atoms with Crippen molar-refractivity contribution in [2.75, 3.05) is 6.54 Å². The van der Waals surface area contributed by atoms with Crippen molar-refractivity contribution in [3.05, 3.63) is 0 Å². The Morgan fingerprint density at radius 1 is 1.44 bits per heavy atom. The molecule has 2 rings (SSSR count). The van der Waals surface area contributed by atoms with Crippen LogP contribution in [0.25, 0.3) is 0 Å². The van der Waals surface area contributed by atoms with Crippen LogP contribution in [0.4, 0.5) is 0 Å². The van der Waals surface area contributed by atoms with Crippen molar-refractivity contribution in [3.63, 3.8) is 0 Å². The Labute approximate surface area is 56.8 Å². The SMILES string of the molecule is CC1(C2CCC2)CCN1. The Bertz CT molecular complexity index is 112. The van der Waals surface area contributed by atoms with Gasteiger partial charge in [-0.25, -0.2) is 0 Å². The predicted octanol–water partition coefficient (Wildman–Crippen LogP) is 1.54. The van der Waals surface area contributed by atoms with E-state index in [1.807, 2.05) is 0 Å². The Morgan fingerprint density at radius 2 is 2.11 bits per heavy atom. The van der Waals surface area contributed by atoms with Crippen molar-refractivity contribution < 1.29 is 0 Å². The molecule has 0 amide bonds. The minimum absolute atomic E-state index is 0.568. The lowest BCUT2D eigenvalue weighted by Crippen LogP contribution is -2.60. The fourth-order valence-electron chi connectivity index (χ4n) is 1.91. The second-order valence-electron chi connectivity index (χ2n) is 3.72. The van der Waals surface area contributed by atoms with Crippen LogP contribution in [0.15, 0.2) is 0 Å². The van der Waals surface area contributed by atoms with E-state index in [1.54, 1.807) is 0 Å². The summed E-state index contributed by atoms with van der Waals surface area (Å²) in [5.74, 6) is 1.02. The molecule has 2 aliphatic rings. The van der Waals surface area contributed by atoms with E-state index in [-0.39, 0.29) is 0 Å². The van der Waals surface area contributed by atoms with Gasteiger partial charge in [0, 0.05) is 5.54 Å². The molecule has 1 N–H and O–H groups in total. The molecule has 0 aromatic heterocycles. The lowest BCUT2D eigenvalue weighted by molar-refractivity contribution is 0.0802. The van der Waals surface area contributed by atoms with Gasteiger partial charge in [-0.1, -0.05) is 6.42 Å². The highest BCUT2D eigenvalue weighted by Crippen LogP contribution is 2.40. The summed E-state index contributed by atoms with van der Waals surface area (Å²) in [6.45, 7) is 3.63. The van der Waals surface area contributed by atoms with E-state index in [4.69, 9.17) is 0 Å². The Hall–Kier alpha value is -0.0400. The predicted molar refractivity (Wildman–Crippen MR) is 38.4 cm³/mol. The highest BCUT2D eigenvalue weighted by Gasteiger charge is 2.41. The van der Waals surface area contributed by atoms with Crippen LogP contribution in [0.1, 0.15) is 32.6 Å². The molecule has 1 atom stereocenters. The first-order valence-corrected chi connectivity index (χ1v) is 4.06. The molecule has 0 bridgehead atoms. The molecule has 0 aromatic carbocycles. The first kappa shape index (κ1) is 5.72. The minimum atomic E-state index is 0.568. The van der Waals surface area contributed by atoms with Crippen LogP contribution in [-0.4, -0.2) is 12.1 Å². The smallest absolute Gasteiger partial charge is 0.0193 e. The lowest BCUT2D eigenvalue weighted by atomic mass is 9.67. The van der Waals surface area contributed by atoms with E-state index in [9.17, 15) is 0 Å². The number of nitrogens with one attached hydrogen (secondary N) is 1. The van der Waals surface area contributed by atoms with Crippen LogP contribution in [-0.2, 0) is 0 Å². The van der Waals surface area contributed by atoms with Crippen molar-refractivity contribution in [1.29, 1.82) is 0 Å². The normalized spacial score (nSPS) is 43.7. The average Bonchev–Trinajstić information content (AvgIpc) is 1.56. The van der Waals surface area contributed by atoms with Gasteiger partial charge < -0.3 is 5.32 Å². The quantitative estimate of drug-likeness (QED) is 0.560. The first-order valence-electron chi connectivity index (χ1n) is 4.06. The van der Waals surface area contributed by atoms with Crippen LogP contribution < -0.4 is 5.32 Å². The van der Waals surface area contributed by atoms with Gasteiger partial charge in [0.25, 0.3) is 0 Å². The number of hydrogen-bond acceptors (Lipinski definition) is 1. The Kier molecular flexibility index (Phi) is 1.10. The molecule has 1 heteroatoms. The Morgan fingerprint density at radius 3 is 2.22 bits per heavy atom. The summed E-state index contributed by atoms with van der Waals surface area (Å²) in [4.78, 5) is 0. The van der Waals surface area contributed by atoms with Gasteiger partial charge in [0.05, 0.1) is 0 Å². The fraction of sp³-hybridized carbons (Fsp3) is 1.00. The number of rotatable bonds is 1. The molecule has 52 valence electrons. The second-order valence-corrected chi connectivity index (χ2v) is 3.72. The van der Waals surface area contributed by atoms with Gasteiger partial charge in [0.2, 0.25) is 0 Å². The lowest BCUT2D eigenvalue weighted by Gasteiger charge is -2.50. The largest absolute Gasteiger partial charge is 0.311 e. The summed E-state index contributed by atoms with van der Waals surface area (Å²) in [6, 6.07) is 0. The van der Waals surface area contributed by atoms with Crippen LogP contribution in [0.2, 0.25) is 0 Å². The van der Waals surface area contributed by atoms with Crippen molar-refractivity contribution in [2.45, 2.75) is 38.1 Å². The van der Waals surface area contributed by atoms with Gasteiger partial charge in [-0.05, 0) is 38.6 Å². The van der Waals surface area contributed by atoms with Crippen LogP contribution in [0, 0.1) is 5.92 Å². The molecule has 2 fully saturated rings. The zero-order valence-electron chi connectivity index (χ0n) is 6.11. The molecule has 1 unspecified atom stereocenters. The van der Waals surface area contributed by atoms with Crippen molar-refractivity contribution in [3.8, 4) is 0 Å². The maximum absolute atomic E-state index is 3.52. The van der Waals surface area contributed by atoms with E-state index in [0.717, 1.165) is 5.92 Å². The highest BCUT2D eigenvalue weighted by molar-refractivity contribution is 5.00. The van der Waals surface area contributed by atoms with E-state index >= 15 is 0 Å². The molecule has 0 aromatic rings. The summed E-state index contributed by atoms with van der Waals surface area (Å²) in [6.07, 6.45) is 5.84. The molecular weight excluding hydrogens is 110 g/mol. The minimum Gasteiger partial charge on any atom is -0.311 e. The maximum Gasteiger partial charge on any atom is 0.0193 e. The molecule has 1 nitrogen and oxygen atoms in total. The average molecular weight is 125 g/mol. The van der Waals surface area contributed by atoms with Gasteiger partial charge in [-0.15, -0.1) is 0 Å². The fourth-order valence-corrected chi connectivity index (χ4v) is 1.91. The summed E-state index contributed by atoms with van der Waals surface area (Å²) >= 11 is 0. The standard InChI is InChI=1S/C8H15N/c1-8(5-6-9-8)7-3-2-4-7/h7,9H,2-6H2,1H3. The summed E-state index contributed by atoms with van der Waals surface area (Å²) in [5, 5.41) is 3.52. The van der Waals surface area contributed by atoms with E-state index < -0.39 is 0 Å². The molecule has 1 saturated carbocycles. The number of hydrogen-bond donors (Lipinski definition) is 1. The first-order chi connectivity index (χ1) is 4.31. The summed E-state index contributed by atoms with van der Waals surface area (Å²) in [5.41, 5.74) is 0.568. The molecule has 1 saturated heterocycles. The van der Waals surface area contributed by atoms with Gasteiger partial charge in [-0.3, -0.25) is 0 Å². The molecule has 1 aliphatic carbocycles. The molecule has 1 aliphatic heterocycles. The Balaban J connectivity index is 1.94. The van der Waals surface area contributed by atoms with Crippen molar-refractivity contribution >= 4 is 0 Å². The van der Waals surface area contributed by atoms with Crippen LogP contribution in [0.3, 0.4) is 0 Å². The molecule has 0 spiro atoms. The monoisotopic (exact) mass is 125 g/mol. The van der Waals surface area contributed by atoms with Crippen LogP contribution >= 0.6 is 0 Å². The summed E-state index contributed by atoms with van der Waals surface area (Å²) < 4.78 is 0. The van der Waals surface area contributed by atoms with E-state index in [0.29, 0.717) is 5.54 Å². The third-order valence-corrected chi connectivity index (χ3v) is 3.18. The van der Waals surface area contributed by atoms with Gasteiger partial charge in [0.15, 0.2) is 0 Å². The van der Waals surface area contributed by atoms with Gasteiger partial charge in [0.1, 0.15) is 0 Å². The highest BCUT2D eigenvalue weighted by atomic mass is 15.0. The molecule has 9 heavy (non-hydrogen) atoms. The molecule has 1 heterocycles. The van der Waals surface area contributed by atoms with Crippen molar-refractivity contribution in [2.24, 2.45) is 5.92 Å². The van der Waals surface area contributed by atoms with Gasteiger partial charge >= 0.3 is 0 Å². The van der Waals surface area contributed by atoms with E-state index in [1.165, 1.54) is 32.2 Å². The molecule has 0 radical (unpaired) electrons. The zero-order valence-corrected chi connectivity index (χ0v) is 6.11. The maximum atomic E-state index is 3.52. The zero-order chi connectivity index (χ0) is 6.32. The van der Waals surface area contributed by atoms with E-state index in [2.05, 4.69) is 12.2 Å². The third kappa shape index (κ3) is 0.710. The second kappa shape index (κ2) is 1.72. The third-order valence-electron chi connectivity index (χ3n) is 3.18. The topological polar surface area (TPSA) is 12.0 Å². The summed E-state index contributed by atoms with van der Waals surface area (Å²) in [7, 11) is 0. The van der Waals surface area contributed by atoms with Crippen LogP contribution in [0.5, 0.6) is 0 Å². The molecular formula is C8H15N.